The topological polar surface area (TPSA) is 53.3 Å². The van der Waals surface area contributed by atoms with E-state index in [0.29, 0.717) is 5.11 Å². The van der Waals surface area contributed by atoms with Gasteiger partial charge >= 0.3 is 0 Å². The molecule has 0 aliphatic carbocycles. The van der Waals surface area contributed by atoms with Crippen LogP contribution in [0.3, 0.4) is 0 Å². The zero-order chi connectivity index (χ0) is 23.8. The Morgan fingerprint density at radius 1 is 0.971 bits per heavy atom. The minimum absolute atomic E-state index is 0.0955. The lowest BCUT2D eigenvalue weighted by atomic mass is 9.96. The standard InChI is InChI=1S/C28H28N4OS/c1-4-20-8-10-21(11-9-20)31-18(2)17-24(19(31)3)27-26(25-7-5-6-16-29-25)30-28(34)32(27)22-12-14-23(33)15-13-22/h5-17,26-27,33H,4H2,1-3H3,(H,30,34). The Bertz CT molecular complexity index is 1310. The number of rotatable bonds is 5. The first-order valence-electron chi connectivity index (χ1n) is 11.6. The summed E-state index contributed by atoms with van der Waals surface area (Å²) in [4.78, 5) is 6.79. The molecule has 5 nitrogen and oxygen atoms in total. The molecule has 2 aromatic carbocycles. The first kappa shape index (κ1) is 22.2. The van der Waals surface area contributed by atoms with Crippen LogP contribution in [-0.4, -0.2) is 19.8 Å². The number of hydrogen-bond donors (Lipinski definition) is 2. The van der Waals surface area contributed by atoms with Crippen LogP contribution in [0.15, 0.2) is 79.0 Å². The third-order valence-electron chi connectivity index (χ3n) is 6.62. The van der Waals surface area contributed by atoms with Crippen molar-refractivity contribution in [3.8, 4) is 11.4 Å². The third kappa shape index (κ3) is 3.84. The molecule has 1 fully saturated rings. The van der Waals surface area contributed by atoms with Crippen molar-refractivity contribution in [2.45, 2.75) is 39.3 Å². The van der Waals surface area contributed by atoms with Crippen molar-refractivity contribution in [2.75, 3.05) is 4.90 Å². The second-order valence-corrected chi connectivity index (χ2v) is 9.08. The molecule has 172 valence electrons. The van der Waals surface area contributed by atoms with Gasteiger partial charge in [0, 0.05) is 29.0 Å². The normalized spacial score (nSPS) is 17.7. The molecule has 2 unspecified atom stereocenters. The number of hydrogen-bond acceptors (Lipinski definition) is 3. The second-order valence-electron chi connectivity index (χ2n) is 8.69. The minimum atomic E-state index is -0.112. The van der Waals surface area contributed by atoms with E-state index in [1.54, 1.807) is 12.1 Å². The maximum Gasteiger partial charge on any atom is 0.174 e. The summed E-state index contributed by atoms with van der Waals surface area (Å²) >= 11 is 5.83. The highest BCUT2D eigenvalue weighted by Gasteiger charge is 2.42. The van der Waals surface area contributed by atoms with Crippen LogP contribution in [0, 0.1) is 13.8 Å². The highest BCUT2D eigenvalue weighted by atomic mass is 32.1. The first-order valence-corrected chi connectivity index (χ1v) is 12.0. The van der Waals surface area contributed by atoms with E-state index in [-0.39, 0.29) is 17.8 Å². The van der Waals surface area contributed by atoms with Gasteiger partial charge in [0.1, 0.15) is 5.75 Å². The summed E-state index contributed by atoms with van der Waals surface area (Å²) in [6, 6.07) is 24.0. The van der Waals surface area contributed by atoms with E-state index in [4.69, 9.17) is 12.2 Å². The van der Waals surface area contributed by atoms with Crippen LogP contribution in [0.25, 0.3) is 5.69 Å². The predicted molar refractivity (Wildman–Crippen MR) is 141 cm³/mol. The summed E-state index contributed by atoms with van der Waals surface area (Å²) in [5, 5.41) is 14.0. The summed E-state index contributed by atoms with van der Waals surface area (Å²) in [6.07, 6.45) is 2.84. The van der Waals surface area contributed by atoms with Crippen LogP contribution in [0.4, 0.5) is 5.69 Å². The van der Waals surface area contributed by atoms with Crippen molar-refractivity contribution in [3.05, 3.63) is 107 Å². The number of thiocarbonyl (C=S) groups is 1. The number of aryl methyl sites for hydroxylation is 2. The molecule has 34 heavy (non-hydrogen) atoms. The van der Waals surface area contributed by atoms with Crippen molar-refractivity contribution in [1.29, 1.82) is 0 Å². The summed E-state index contributed by atoms with van der Waals surface area (Å²) in [5.74, 6) is 0.230. The van der Waals surface area contributed by atoms with Gasteiger partial charge in [-0.1, -0.05) is 25.1 Å². The van der Waals surface area contributed by atoms with Crippen LogP contribution < -0.4 is 10.2 Å². The smallest absolute Gasteiger partial charge is 0.174 e. The molecule has 6 heteroatoms. The maximum absolute atomic E-state index is 9.85. The van der Waals surface area contributed by atoms with Crippen molar-refractivity contribution >= 4 is 23.0 Å². The van der Waals surface area contributed by atoms with Gasteiger partial charge in [0.05, 0.1) is 17.8 Å². The van der Waals surface area contributed by atoms with Crippen molar-refractivity contribution in [2.24, 2.45) is 0 Å². The monoisotopic (exact) mass is 468 g/mol. The fraction of sp³-hybridized carbons (Fsp3) is 0.214. The van der Waals surface area contributed by atoms with E-state index >= 15 is 0 Å². The minimum Gasteiger partial charge on any atom is -0.508 e. The highest BCUT2D eigenvalue weighted by Crippen LogP contribution is 2.43. The van der Waals surface area contributed by atoms with Crippen molar-refractivity contribution in [1.82, 2.24) is 14.9 Å². The molecule has 4 aromatic rings. The second kappa shape index (κ2) is 8.95. The third-order valence-corrected chi connectivity index (χ3v) is 6.93. The van der Waals surface area contributed by atoms with E-state index in [9.17, 15) is 5.11 Å². The lowest BCUT2D eigenvalue weighted by Crippen LogP contribution is -2.29. The number of nitrogens with one attached hydrogen (secondary N) is 1. The maximum atomic E-state index is 9.85. The van der Waals surface area contributed by atoms with Gasteiger partial charge in [0.2, 0.25) is 0 Å². The largest absolute Gasteiger partial charge is 0.508 e. The molecule has 1 saturated heterocycles. The molecule has 0 spiro atoms. The molecule has 0 saturated carbocycles. The Labute approximate surface area is 205 Å². The highest BCUT2D eigenvalue weighted by molar-refractivity contribution is 7.80. The lowest BCUT2D eigenvalue weighted by Gasteiger charge is -2.28. The number of anilines is 1. The van der Waals surface area contributed by atoms with E-state index in [2.05, 4.69) is 70.9 Å². The first-order chi connectivity index (χ1) is 16.5. The molecular formula is C28H28N4OS. The summed E-state index contributed by atoms with van der Waals surface area (Å²) < 4.78 is 2.31. The lowest BCUT2D eigenvalue weighted by molar-refractivity contribution is 0.475. The molecule has 0 bridgehead atoms. The molecule has 2 N–H and O–H groups in total. The van der Waals surface area contributed by atoms with Gasteiger partial charge in [0.25, 0.3) is 0 Å². The Hall–Kier alpha value is -3.64. The number of phenolic OH excluding ortho intramolecular Hbond substituents is 1. The van der Waals surface area contributed by atoms with Gasteiger partial charge in [-0.25, -0.2) is 0 Å². The van der Waals surface area contributed by atoms with Gasteiger partial charge in [-0.2, -0.15) is 0 Å². The van der Waals surface area contributed by atoms with Crippen LogP contribution in [0.5, 0.6) is 5.75 Å². The quantitative estimate of drug-likeness (QED) is 0.355. The van der Waals surface area contributed by atoms with Gasteiger partial charge in [-0.05, 0) is 98.2 Å². The van der Waals surface area contributed by atoms with Crippen molar-refractivity contribution < 1.29 is 5.11 Å². The van der Waals surface area contributed by atoms with Gasteiger partial charge in [-0.15, -0.1) is 0 Å². The van der Waals surface area contributed by atoms with Gasteiger partial charge < -0.3 is 19.9 Å². The average Bonchev–Trinajstić information content (AvgIpc) is 3.35. The van der Waals surface area contributed by atoms with Crippen molar-refractivity contribution in [3.63, 3.8) is 0 Å². The Balaban J connectivity index is 1.65. The van der Waals surface area contributed by atoms with Crippen LogP contribution in [0.1, 0.15) is 47.2 Å². The average molecular weight is 469 g/mol. The molecule has 3 heterocycles. The molecule has 0 amide bonds. The Morgan fingerprint density at radius 3 is 2.32 bits per heavy atom. The summed E-state index contributed by atoms with van der Waals surface area (Å²) in [5.41, 5.74) is 7.86. The molecule has 2 atom stereocenters. The molecular weight excluding hydrogens is 440 g/mol. The van der Waals surface area contributed by atoms with Gasteiger partial charge in [-0.3, -0.25) is 4.98 Å². The van der Waals surface area contributed by atoms with E-state index < -0.39 is 0 Å². The number of phenols is 1. The fourth-order valence-electron chi connectivity index (χ4n) is 4.93. The van der Waals surface area contributed by atoms with Crippen LogP contribution in [0.2, 0.25) is 0 Å². The molecule has 1 aliphatic rings. The number of aromatic hydroxyl groups is 1. The summed E-state index contributed by atoms with van der Waals surface area (Å²) in [6.45, 7) is 6.48. The zero-order valence-electron chi connectivity index (χ0n) is 19.6. The zero-order valence-corrected chi connectivity index (χ0v) is 20.4. The molecule has 5 rings (SSSR count). The number of nitrogens with zero attached hydrogens (tertiary/aromatic N) is 3. The van der Waals surface area contributed by atoms with Gasteiger partial charge in [0.15, 0.2) is 5.11 Å². The molecule has 2 aromatic heterocycles. The number of aromatic nitrogens is 2. The van der Waals surface area contributed by atoms with E-state index in [1.807, 2.05) is 36.5 Å². The predicted octanol–water partition coefficient (Wildman–Crippen LogP) is 5.93. The van der Waals surface area contributed by atoms with E-state index in [0.717, 1.165) is 23.5 Å². The Kier molecular flexibility index (Phi) is 5.84. The number of pyridine rings is 1. The number of benzene rings is 2. The molecule has 1 aliphatic heterocycles. The van der Waals surface area contributed by atoms with E-state index in [1.165, 1.54) is 22.5 Å². The van der Waals surface area contributed by atoms with Crippen LogP contribution >= 0.6 is 12.2 Å². The van der Waals surface area contributed by atoms with Crippen LogP contribution in [-0.2, 0) is 6.42 Å². The fourth-order valence-corrected chi connectivity index (χ4v) is 5.27. The SMILES string of the molecule is CCc1ccc(-n2c(C)cc(C3C(c4ccccn4)NC(=S)N3c3ccc(O)cc3)c2C)cc1. The Morgan fingerprint density at radius 2 is 1.68 bits per heavy atom. The summed E-state index contributed by atoms with van der Waals surface area (Å²) in [7, 11) is 0. The molecule has 0 radical (unpaired) electrons.